The zero-order valence-electron chi connectivity index (χ0n) is 16.4. The van der Waals surface area contributed by atoms with Crippen molar-refractivity contribution >= 4 is 11.6 Å². The largest absolute Gasteiger partial charge is 0.378 e. The predicted octanol–water partition coefficient (Wildman–Crippen LogP) is 3.58. The maximum Gasteiger partial charge on any atom is 0.227 e. The Kier molecular flexibility index (Phi) is 3.79. The highest BCUT2D eigenvalue weighted by atomic mass is 16.1. The SMILES string of the molecule is Cc1c2c(c(C)n1-c1ccc(N(C)C)cc1)C(C)(C(N)=O)CC2(C)C. The van der Waals surface area contributed by atoms with Crippen molar-refractivity contribution in [2.45, 2.75) is 51.9 Å². The Hall–Kier alpha value is -2.23. The van der Waals surface area contributed by atoms with E-state index in [1.54, 1.807) is 0 Å². The van der Waals surface area contributed by atoms with E-state index in [9.17, 15) is 4.79 Å². The van der Waals surface area contributed by atoms with Gasteiger partial charge in [-0.15, -0.1) is 0 Å². The van der Waals surface area contributed by atoms with Gasteiger partial charge < -0.3 is 15.2 Å². The van der Waals surface area contributed by atoms with Crippen LogP contribution in [0.5, 0.6) is 0 Å². The van der Waals surface area contributed by atoms with Gasteiger partial charge in [0.15, 0.2) is 0 Å². The van der Waals surface area contributed by atoms with Gasteiger partial charge in [0, 0.05) is 36.9 Å². The van der Waals surface area contributed by atoms with E-state index in [2.05, 4.69) is 61.4 Å². The fourth-order valence-corrected chi connectivity index (χ4v) is 4.90. The third kappa shape index (κ3) is 2.38. The standard InChI is InChI=1S/C21H29N3O/c1-13-17-18(21(5,19(22)25)12-20(17,3)4)14(2)24(13)16-10-8-15(9-11-16)23(6)7/h8-11H,12H2,1-7H3,(H2,22,25). The summed E-state index contributed by atoms with van der Waals surface area (Å²) >= 11 is 0. The second kappa shape index (κ2) is 5.38. The second-order valence-corrected chi connectivity index (χ2v) is 8.42. The number of hydrogen-bond acceptors (Lipinski definition) is 2. The summed E-state index contributed by atoms with van der Waals surface area (Å²) in [5.74, 6) is -0.234. The lowest BCUT2D eigenvalue weighted by atomic mass is 9.79. The van der Waals surface area contributed by atoms with Crippen molar-refractivity contribution in [2.24, 2.45) is 5.73 Å². The Morgan fingerprint density at radius 1 is 1.04 bits per heavy atom. The van der Waals surface area contributed by atoms with Gasteiger partial charge in [0.1, 0.15) is 0 Å². The van der Waals surface area contributed by atoms with E-state index in [4.69, 9.17) is 5.73 Å². The van der Waals surface area contributed by atoms with Crippen LogP contribution in [0.25, 0.3) is 5.69 Å². The summed E-state index contributed by atoms with van der Waals surface area (Å²) in [4.78, 5) is 14.4. The smallest absolute Gasteiger partial charge is 0.227 e. The third-order valence-electron chi connectivity index (χ3n) is 5.84. The highest BCUT2D eigenvalue weighted by Crippen LogP contribution is 2.53. The topological polar surface area (TPSA) is 51.3 Å². The molecule has 0 saturated heterocycles. The van der Waals surface area contributed by atoms with Crippen LogP contribution < -0.4 is 10.6 Å². The molecule has 1 aromatic heterocycles. The third-order valence-corrected chi connectivity index (χ3v) is 5.84. The Morgan fingerprint density at radius 2 is 1.56 bits per heavy atom. The van der Waals surface area contributed by atoms with Crippen LogP contribution in [0, 0.1) is 13.8 Å². The maximum absolute atomic E-state index is 12.3. The number of fused-ring (bicyclic) bond motifs is 1. The number of aromatic nitrogens is 1. The molecule has 2 N–H and O–H groups in total. The van der Waals surface area contributed by atoms with Crippen LogP contribution in [0.3, 0.4) is 0 Å². The van der Waals surface area contributed by atoms with Gasteiger partial charge in [-0.2, -0.15) is 0 Å². The van der Waals surface area contributed by atoms with Crippen molar-refractivity contribution in [3.05, 3.63) is 46.8 Å². The van der Waals surface area contributed by atoms with E-state index in [1.165, 1.54) is 16.9 Å². The first-order valence-electron chi connectivity index (χ1n) is 8.81. The monoisotopic (exact) mass is 339 g/mol. The number of rotatable bonds is 3. The highest BCUT2D eigenvalue weighted by Gasteiger charge is 2.52. The molecular formula is C21H29N3O. The minimum atomic E-state index is -0.609. The Balaban J connectivity index is 2.24. The van der Waals surface area contributed by atoms with Gasteiger partial charge in [-0.3, -0.25) is 4.79 Å². The van der Waals surface area contributed by atoms with Crippen LogP contribution in [0.4, 0.5) is 5.69 Å². The fraction of sp³-hybridized carbons (Fsp3) is 0.476. The van der Waals surface area contributed by atoms with Crippen molar-refractivity contribution in [3.8, 4) is 5.69 Å². The predicted molar refractivity (Wildman–Crippen MR) is 104 cm³/mol. The van der Waals surface area contributed by atoms with Crippen molar-refractivity contribution in [2.75, 3.05) is 19.0 Å². The molecule has 0 saturated carbocycles. The molecule has 1 aromatic carbocycles. The molecule has 2 aromatic rings. The molecule has 0 bridgehead atoms. The van der Waals surface area contributed by atoms with Gasteiger partial charge in [-0.05, 0) is 68.0 Å². The summed E-state index contributed by atoms with van der Waals surface area (Å²) in [6.07, 6.45) is 0.766. The van der Waals surface area contributed by atoms with Crippen LogP contribution in [0.1, 0.15) is 49.7 Å². The fourth-order valence-electron chi connectivity index (χ4n) is 4.90. The molecule has 0 aliphatic heterocycles. The first-order chi connectivity index (χ1) is 11.5. The van der Waals surface area contributed by atoms with Gasteiger partial charge in [0.25, 0.3) is 0 Å². The number of primary amides is 1. The summed E-state index contributed by atoms with van der Waals surface area (Å²) in [5, 5.41) is 0. The van der Waals surface area contributed by atoms with Crippen LogP contribution in [-0.4, -0.2) is 24.6 Å². The molecule has 25 heavy (non-hydrogen) atoms. The van der Waals surface area contributed by atoms with E-state index in [-0.39, 0.29) is 11.3 Å². The number of benzene rings is 1. The highest BCUT2D eigenvalue weighted by molar-refractivity contribution is 5.89. The first-order valence-corrected chi connectivity index (χ1v) is 8.81. The zero-order chi connectivity index (χ0) is 18.7. The molecular weight excluding hydrogens is 310 g/mol. The lowest BCUT2D eigenvalue weighted by Crippen LogP contribution is -2.38. The molecule has 1 aliphatic carbocycles. The van der Waals surface area contributed by atoms with Crippen molar-refractivity contribution < 1.29 is 4.79 Å². The molecule has 0 radical (unpaired) electrons. The molecule has 3 rings (SSSR count). The van der Waals surface area contributed by atoms with Crippen molar-refractivity contribution in [1.29, 1.82) is 0 Å². The summed E-state index contributed by atoms with van der Waals surface area (Å²) in [6.45, 7) is 10.7. The van der Waals surface area contributed by atoms with E-state index >= 15 is 0 Å². The molecule has 0 fully saturated rings. The number of amides is 1. The van der Waals surface area contributed by atoms with Crippen LogP contribution in [-0.2, 0) is 15.6 Å². The van der Waals surface area contributed by atoms with Crippen molar-refractivity contribution in [1.82, 2.24) is 4.57 Å². The molecule has 1 atom stereocenters. The number of anilines is 1. The second-order valence-electron chi connectivity index (χ2n) is 8.42. The molecule has 1 aliphatic rings. The lowest BCUT2D eigenvalue weighted by molar-refractivity contribution is -0.123. The average Bonchev–Trinajstić information content (AvgIpc) is 2.91. The molecule has 1 heterocycles. The van der Waals surface area contributed by atoms with Gasteiger partial charge in [-0.25, -0.2) is 0 Å². The Labute approximate surface area is 150 Å². The molecule has 4 nitrogen and oxygen atoms in total. The summed E-state index contributed by atoms with van der Waals surface area (Å²) in [5.41, 5.74) is 12.2. The normalized spacial score (nSPS) is 21.2. The van der Waals surface area contributed by atoms with Crippen LogP contribution in [0.15, 0.2) is 24.3 Å². The number of carbonyl (C=O) groups is 1. The van der Waals surface area contributed by atoms with Gasteiger partial charge >= 0.3 is 0 Å². The molecule has 134 valence electrons. The number of nitrogens with zero attached hydrogens (tertiary/aromatic N) is 2. The van der Waals surface area contributed by atoms with E-state index in [0.29, 0.717) is 0 Å². The van der Waals surface area contributed by atoms with Gasteiger partial charge in [0.2, 0.25) is 5.91 Å². The summed E-state index contributed by atoms with van der Waals surface area (Å²) in [6, 6.07) is 8.52. The zero-order valence-corrected chi connectivity index (χ0v) is 16.4. The van der Waals surface area contributed by atoms with E-state index in [0.717, 1.165) is 23.4 Å². The number of hydrogen-bond donors (Lipinski definition) is 1. The summed E-state index contributed by atoms with van der Waals surface area (Å²) < 4.78 is 2.27. The minimum Gasteiger partial charge on any atom is -0.378 e. The molecule has 4 heteroatoms. The van der Waals surface area contributed by atoms with Gasteiger partial charge in [0.05, 0.1) is 5.41 Å². The quantitative estimate of drug-likeness (QED) is 0.929. The van der Waals surface area contributed by atoms with Crippen molar-refractivity contribution in [3.63, 3.8) is 0 Å². The van der Waals surface area contributed by atoms with Gasteiger partial charge in [-0.1, -0.05) is 13.8 Å². The number of nitrogens with two attached hydrogens (primary N) is 1. The average molecular weight is 339 g/mol. The molecule has 0 spiro atoms. The molecule has 1 unspecified atom stereocenters. The molecule has 1 amide bonds. The minimum absolute atomic E-state index is 0.0667. The Morgan fingerprint density at radius 3 is 2.04 bits per heavy atom. The number of carbonyl (C=O) groups excluding carboxylic acids is 1. The van der Waals surface area contributed by atoms with Crippen LogP contribution in [0.2, 0.25) is 0 Å². The lowest BCUT2D eigenvalue weighted by Gasteiger charge is -2.27. The van der Waals surface area contributed by atoms with E-state index in [1.807, 2.05) is 21.0 Å². The Bertz CT molecular complexity index is 843. The first kappa shape index (κ1) is 17.6. The summed E-state index contributed by atoms with van der Waals surface area (Å²) in [7, 11) is 4.08. The van der Waals surface area contributed by atoms with E-state index < -0.39 is 5.41 Å². The van der Waals surface area contributed by atoms with Crippen LogP contribution >= 0.6 is 0 Å². The maximum atomic E-state index is 12.3.